The second-order valence-corrected chi connectivity index (χ2v) is 6.21. The Bertz CT molecular complexity index is 996. The first-order valence-corrected chi connectivity index (χ1v) is 9.26. The lowest BCUT2D eigenvalue weighted by atomic mass is 10.1. The molecule has 6 nitrogen and oxygen atoms in total. The summed E-state index contributed by atoms with van der Waals surface area (Å²) < 4.78 is 29.4. The molecule has 0 N–H and O–H groups in total. The van der Waals surface area contributed by atoms with E-state index in [1.54, 1.807) is 24.3 Å². The molecule has 0 spiro atoms. The van der Waals surface area contributed by atoms with Gasteiger partial charge in [-0.05, 0) is 55.3 Å². The summed E-state index contributed by atoms with van der Waals surface area (Å²) in [5.41, 5.74) is 1.05. The van der Waals surface area contributed by atoms with Crippen molar-refractivity contribution in [2.45, 2.75) is 26.7 Å². The molecule has 0 aliphatic carbocycles. The normalized spacial score (nSPS) is 14.5. The van der Waals surface area contributed by atoms with Gasteiger partial charge in [0.05, 0.1) is 6.61 Å². The van der Waals surface area contributed by atoms with Crippen molar-refractivity contribution < 1.29 is 28.2 Å². The van der Waals surface area contributed by atoms with Gasteiger partial charge in [-0.3, -0.25) is 4.79 Å². The average Bonchev–Trinajstić information content (AvgIpc) is 3.05. The number of nitrogens with zero attached hydrogens (tertiary/aromatic N) is 1. The van der Waals surface area contributed by atoms with Crippen LogP contribution in [0.15, 0.2) is 53.2 Å². The summed E-state index contributed by atoms with van der Waals surface area (Å²) in [6.07, 6.45) is 2.51. The molecule has 1 heterocycles. The van der Waals surface area contributed by atoms with Gasteiger partial charge in [-0.25, -0.2) is 14.2 Å². The van der Waals surface area contributed by atoms with Gasteiger partial charge in [0.15, 0.2) is 17.2 Å². The van der Waals surface area contributed by atoms with Crippen molar-refractivity contribution in [1.29, 1.82) is 0 Å². The van der Waals surface area contributed by atoms with Crippen molar-refractivity contribution in [1.82, 2.24) is 0 Å². The number of aliphatic imine (C=N–C) groups is 1. The number of benzene rings is 2. The van der Waals surface area contributed by atoms with Crippen molar-refractivity contribution in [3.63, 3.8) is 0 Å². The SMILES string of the molecule is CCCC(=O)Oc1ccc(/C=C2/N=C(c3cccc(F)c3)OC2=O)cc1OCC. The third-order valence-electron chi connectivity index (χ3n) is 3.94. The molecular weight excluding hydrogens is 377 g/mol. The minimum absolute atomic E-state index is 0.0379. The Labute approximate surface area is 167 Å². The van der Waals surface area contributed by atoms with Gasteiger partial charge in [0.1, 0.15) is 5.82 Å². The van der Waals surface area contributed by atoms with Gasteiger partial charge in [-0.1, -0.05) is 19.1 Å². The molecule has 150 valence electrons. The van der Waals surface area contributed by atoms with Crippen LogP contribution >= 0.6 is 0 Å². The van der Waals surface area contributed by atoms with Crippen LogP contribution in [0, 0.1) is 5.82 Å². The maximum atomic E-state index is 13.4. The monoisotopic (exact) mass is 397 g/mol. The van der Waals surface area contributed by atoms with Crippen LogP contribution in [0.2, 0.25) is 0 Å². The van der Waals surface area contributed by atoms with E-state index in [0.29, 0.717) is 42.1 Å². The molecule has 0 bridgehead atoms. The fourth-order valence-electron chi connectivity index (χ4n) is 2.66. The van der Waals surface area contributed by atoms with Crippen LogP contribution in [-0.2, 0) is 14.3 Å². The van der Waals surface area contributed by atoms with Gasteiger partial charge in [0, 0.05) is 12.0 Å². The Morgan fingerprint density at radius 1 is 1.17 bits per heavy atom. The molecule has 0 saturated carbocycles. The molecule has 0 unspecified atom stereocenters. The second kappa shape index (κ2) is 9.14. The molecule has 3 rings (SSSR count). The fraction of sp³-hybridized carbons (Fsp3) is 0.227. The van der Waals surface area contributed by atoms with E-state index in [0.717, 1.165) is 0 Å². The molecule has 2 aromatic carbocycles. The molecule has 0 amide bonds. The Balaban J connectivity index is 1.88. The summed E-state index contributed by atoms with van der Waals surface area (Å²) in [6.45, 7) is 4.08. The average molecular weight is 397 g/mol. The van der Waals surface area contributed by atoms with Crippen molar-refractivity contribution in [3.05, 3.63) is 65.1 Å². The third kappa shape index (κ3) is 5.07. The highest BCUT2D eigenvalue weighted by atomic mass is 19.1. The van der Waals surface area contributed by atoms with E-state index in [1.165, 1.54) is 24.3 Å². The van der Waals surface area contributed by atoms with Gasteiger partial charge < -0.3 is 14.2 Å². The molecule has 0 saturated heterocycles. The molecule has 2 aromatic rings. The Kier molecular flexibility index (Phi) is 6.39. The van der Waals surface area contributed by atoms with Gasteiger partial charge >= 0.3 is 11.9 Å². The Morgan fingerprint density at radius 3 is 2.72 bits per heavy atom. The van der Waals surface area contributed by atoms with Crippen molar-refractivity contribution in [3.8, 4) is 11.5 Å². The first-order valence-electron chi connectivity index (χ1n) is 9.26. The lowest BCUT2D eigenvalue weighted by Gasteiger charge is -2.11. The zero-order valence-electron chi connectivity index (χ0n) is 16.1. The summed E-state index contributed by atoms with van der Waals surface area (Å²) >= 11 is 0. The molecule has 0 radical (unpaired) electrons. The van der Waals surface area contributed by atoms with Crippen LogP contribution in [0.3, 0.4) is 0 Å². The highest BCUT2D eigenvalue weighted by molar-refractivity contribution is 6.12. The summed E-state index contributed by atoms with van der Waals surface area (Å²) in [6, 6.07) is 10.6. The van der Waals surface area contributed by atoms with Crippen LogP contribution in [-0.4, -0.2) is 24.4 Å². The number of rotatable bonds is 7. The van der Waals surface area contributed by atoms with Crippen LogP contribution in [0.25, 0.3) is 6.08 Å². The largest absolute Gasteiger partial charge is 0.490 e. The van der Waals surface area contributed by atoms with Gasteiger partial charge in [-0.15, -0.1) is 0 Å². The van der Waals surface area contributed by atoms with Crippen molar-refractivity contribution >= 4 is 23.9 Å². The zero-order chi connectivity index (χ0) is 20.8. The highest BCUT2D eigenvalue weighted by Gasteiger charge is 2.24. The first-order chi connectivity index (χ1) is 14.0. The maximum Gasteiger partial charge on any atom is 0.363 e. The number of hydrogen-bond donors (Lipinski definition) is 0. The minimum atomic E-state index is -0.638. The first kappa shape index (κ1) is 20.3. The molecule has 29 heavy (non-hydrogen) atoms. The number of cyclic esters (lactones) is 1. The predicted molar refractivity (Wildman–Crippen MR) is 105 cm³/mol. The van der Waals surface area contributed by atoms with Crippen molar-refractivity contribution in [2.75, 3.05) is 6.61 Å². The maximum absolute atomic E-state index is 13.4. The summed E-state index contributed by atoms with van der Waals surface area (Å²) in [7, 11) is 0. The number of halogens is 1. The van der Waals surface area contributed by atoms with Crippen LogP contribution in [0.1, 0.15) is 37.8 Å². The topological polar surface area (TPSA) is 74.2 Å². The quantitative estimate of drug-likeness (QED) is 0.396. The standard InChI is InChI=1S/C22H20FNO5/c1-3-6-20(25)28-18-10-9-14(12-19(18)27-4-2)11-17-22(26)29-21(24-17)15-7-5-8-16(23)13-15/h5,7-13H,3-4,6H2,1-2H3/b17-11+. The summed E-state index contributed by atoms with van der Waals surface area (Å²) in [4.78, 5) is 28.1. The lowest BCUT2D eigenvalue weighted by molar-refractivity contribution is -0.134. The Hall–Kier alpha value is -3.48. The smallest absolute Gasteiger partial charge is 0.363 e. The molecule has 0 aromatic heterocycles. The van der Waals surface area contributed by atoms with Crippen LogP contribution < -0.4 is 9.47 Å². The summed E-state index contributed by atoms with van der Waals surface area (Å²) in [5.74, 6) is -0.703. The predicted octanol–water partition coefficient (Wildman–Crippen LogP) is 4.27. The molecule has 0 fully saturated rings. The van der Waals surface area contributed by atoms with Gasteiger partial charge in [0.2, 0.25) is 5.90 Å². The third-order valence-corrected chi connectivity index (χ3v) is 3.94. The molecule has 0 atom stereocenters. The van der Waals surface area contributed by atoms with Crippen molar-refractivity contribution in [2.24, 2.45) is 4.99 Å². The number of carbonyl (C=O) groups excluding carboxylic acids is 2. The van der Waals surface area contributed by atoms with E-state index in [9.17, 15) is 14.0 Å². The second-order valence-electron chi connectivity index (χ2n) is 6.21. The van der Waals surface area contributed by atoms with Gasteiger partial charge in [0.25, 0.3) is 0 Å². The van der Waals surface area contributed by atoms with E-state index in [2.05, 4.69) is 4.99 Å². The molecule has 1 aliphatic heterocycles. The summed E-state index contributed by atoms with van der Waals surface area (Å²) in [5, 5.41) is 0. The van der Waals surface area contributed by atoms with Gasteiger partial charge in [-0.2, -0.15) is 0 Å². The molecular formula is C22H20FNO5. The van der Waals surface area contributed by atoms with E-state index < -0.39 is 11.8 Å². The van der Waals surface area contributed by atoms with Crippen LogP contribution in [0.4, 0.5) is 4.39 Å². The number of hydrogen-bond acceptors (Lipinski definition) is 6. The number of ether oxygens (including phenoxy) is 3. The molecule has 7 heteroatoms. The highest BCUT2D eigenvalue weighted by Crippen LogP contribution is 2.30. The fourth-order valence-corrected chi connectivity index (χ4v) is 2.66. The Morgan fingerprint density at radius 2 is 2.00 bits per heavy atom. The number of carbonyl (C=O) groups is 2. The molecule has 1 aliphatic rings. The number of esters is 2. The van der Waals surface area contributed by atoms with E-state index in [1.807, 2.05) is 13.8 Å². The zero-order valence-corrected chi connectivity index (χ0v) is 16.1. The minimum Gasteiger partial charge on any atom is -0.490 e. The van der Waals surface area contributed by atoms with Crippen LogP contribution in [0.5, 0.6) is 11.5 Å². The van der Waals surface area contributed by atoms with E-state index in [4.69, 9.17) is 14.2 Å². The lowest BCUT2D eigenvalue weighted by Crippen LogP contribution is -2.08. The van der Waals surface area contributed by atoms with E-state index >= 15 is 0 Å². The van der Waals surface area contributed by atoms with E-state index in [-0.39, 0.29) is 17.6 Å².